The summed E-state index contributed by atoms with van der Waals surface area (Å²) in [7, 11) is -2.36. The lowest BCUT2D eigenvalue weighted by Crippen LogP contribution is -3.62. The number of rotatable bonds is 50. The normalized spacial score (nSPS) is 11.0. The highest BCUT2D eigenvalue weighted by Crippen LogP contribution is 2.18. The van der Waals surface area contributed by atoms with Crippen LogP contribution in [0.2, 0.25) is 0 Å². The molecule has 7 heteroatoms. The summed E-state index contributed by atoms with van der Waals surface area (Å²) in [4.78, 5) is 0. The Kier molecular flexibility index (Phi) is 49.8. The summed E-state index contributed by atoms with van der Waals surface area (Å²) in [6, 6.07) is 42.1. The summed E-state index contributed by atoms with van der Waals surface area (Å²) in [5, 5.41) is 19.8. The summed E-state index contributed by atoms with van der Waals surface area (Å²) in [5.74, 6) is -0.355. The molecule has 5 rings (SSSR count). The van der Waals surface area contributed by atoms with Crippen LogP contribution in [0.5, 0.6) is 5.75 Å². The number of aryl methyl sites for hydroxylation is 4. The number of unbranched alkanes of at least 4 members (excludes halogenated alkanes) is 36. The van der Waals surface area contributed by atoms with Crippen molar-refractivity contribution < 1.29 is 61.5 Å². The molecule has 0 amide bonds. The molecule has 0 N–H and O–H groups in total. The van der Waals surface area contributed by atoms with Crippen LogP contribution in [-0.2, 0) is 25.7 Å². The Morgan fingerprint density at radius 2 is 0.482 bits per heavy atom. The Morgan fingerprint density at radius 1 is 0.282 bits per heavy atom. The lowest BCUT2D eigenvalue weighted by Gasteiger charge is -2.26. The molecule has 0 saturated heterocycles. The van der Waals surface area contributed by atoms with Gasteiger partial charge < -0.3 is 14.7 Å². The number of benzene rings is 5. The molecule has 0 saturated carbocycles. The third-order valence-electron chi connectivity index (χ3n) is 16.5. The van der Waals surface area contributed by atoms with Crippen LogP contribution in [0.3, 0.4) is 0 Å². The Labute approximate surface area is 544 Å². The molecule has 0 aliphatic carbocycles. The summed E-state index contributed by atoms with van der Waals surface area (Å²) in [6.45, 7) is 9.22. The third kappa shape index (κ3) is 41.3. The van der Waals surface area contributed by atoms with Gasteiger partial charge in [-0.25, -0.2) is 4.39 Å². The first-order valence-corrected chi connectivity index (χ1v) is 39.5. The molecule has 0 unspecified atom stereocenters. The molecule has 0 spiro atoms. The summed E-state index contributed by atoms with van der Waals surface area (Å²) >= 11 is -0.189. The minimum Gasteiger partial charge on any atom is -0.860 e. The molecule has 3 nitrogen and oxygen atoms in total. The van der Waals surface area contributed by atoms with E-state index >= 15 is 0 Å². The molecule has 0 radical (unpaired) electrons. The zero-order valence-electron chi connectivity index (χ0n) is 54.6. The van der Waals surface area contributed by atoms with Gasteiger partial charge in [-0.1, -0.05) is 332 Å². The van der Waals surface area contributed by atoms with E-state index in [1.165, 1.54) is 295 Å². The minimum atomic E-state index is -2.36. The maximum Gasteiger partial charge on any atom is 0.358 e. The summed E-state index contributed by atoms with van der Waals surface area (Å²) in [5.41, 5.74) is 6.51. The fraction of sp³-hybridized carbons (Fsp3) is 0.615. The molecule has 0 aliphatic rings. The molecule has 85 heavy (non-hydrogen) atoms. The molecule has 5 aromatic carbocycles. The van der Waals surface area contributed by atoms with Gasteiger partial charge in [-0.15, -0.1) is 0 Å². The predicted molar refractivity (Wildman–Crippen MR) is 356 cm³/mol. The summed E-state index contributed by atoms with van der Waals surface area (Å²) in [6.07, 6.45) is 61.8. The van der Waals surface area contributed by atoms with E-state index in [1.807, 2.05) is 0 Å². The topological polar surface area (TPSA) is 55.3 Å². The van der Waals surface area contributed by atoms with Crippen LogP contribution in [0.1, 0.15) is 307 Å². The molecule has 0 aromatic heterocycles. The van der Waals surface area contributed by atoms with E-state index in [0.29, 0.717) is 0 Å². The van der Waals surface area contributed by atoms with Crippen LogP contribution in [0.4, 0.5) is 4.39 Å². The van der Waals surface area contributed by atoms with Crippen molar-refractivity contribution in [3.63, 3.8) is 0 Å². The first-order chi connectivity index (χ1) is 41.9. The predicted octanol–water partition coefficient (Wildman–Crippen LogP) is 16.4. The van der Waals surface area contributed by atoms with Crippen molar-refractivity contribution in [1.29, 1.82) is 0 Å². The van der Waals surface area contributed by atoms with Gasteiger partial charge in [0.2, 0.25) is 0 Å². The number of hydrogen-bond acceptors (Lipinski definition) is 3. The second kappa shape index (κ2) is 55.3. The van der Waals surface area contributed by atoms with E-state index in [2.05, 4.69) is 129 Å². The fourth-order valence-corrected chi connectivity index (χ4v) is 17.2. The third-order valence-corrected chi connectivity index (χ3v) is 23.0. The molecular weight excluding hydrogens is 1270 g/mol. The van der Waals surface area contributed by atoms with E-state index in [4.69, 9.17) is 0 Å². The fourth-order valence-electron chi connectivity index (χ4n) is 11.2. The highest BCUT2D eigenvalue weighted by atomic mass is 127. The zero-order chi connectivity index (χ0) is 60.7. The van der Waals surface area contributed by atoms with Crippen molar-refractivity contribution in [2.75, 3.05) is 0 Å². The first-order valence-electron chi connectivity index (χ1n) is 35.2. The lowest BCUT2D eigenvalue weighted by molar-refractivity contribution is -0.599. The van der Waals surface area contributed by atoms with Crippen LogP contribution >= 0.6 is 0 Å². The van der Waals surface area contributed by atoms with Crippen molar-refractivity contribution in [3.05, 3.63) is 164 Å². The van der Waals surface area contributed by atoms with E-state index < -0.39 is 13.1 Å². The van der Waals surface area contributed by atoms with Crippen molar-refractivity contribution in [3.8, 4) is 5.75 Å². The Hall–Kier alpha value is -2.73. The molecule has 0 aliphatic heterocycles. The van der Waals surface area contributed by atoms with E-state index in [9.17, 15) is 14.4 Å². The van der Waals surface area contributed by atoms with Crippen molar-refractivity contribution in [2.45, 2.75) is 310 Å². The van der Waals surface area contributed by atoms with Crippen LogP contribution in [0, 0.1) is 20.1 Å². The van der Waals surface area contributed by atoms with Crippen molar-refractivity contribution in [2.24, 2.45) is 0 Å². The largest absolute Gasteiger partial charge is 0.860 e. The summed E-state index contributed by atoms with van der Waals surface area (Å²) < 4.78 is 23.0. The van der Waals surface area contributed by atoms with Crippen LogP contribution < -0.4 is 57.1 Å². The number of hydrogen-bond donors (Lipinski definition) is 0. The molecule has 474 valence electrons. The Bertz CT molecular complexity index is 2010. The van der Waals surface area contributed by atoms with Gasteiger partial charge in [0.15, 0.2) is 14.3 Å². The van der Waals surface area contributed by atoms with Gasteiger partial charge in [-0.2, -0.15) is 0 Å². The quantitative estimate of drug-likeness (QED) is 0.0221. The van der Waals surface area contributed by atoms with E-state index in [0.717, 1.165) is 12.1 Å². The van der Waals surface area contributed by atoms with Crippen LogP contribution in [0.25, 0.3) is 0 Å². The highest BCUT2D eigenvalue weighted by molar-refractivity contribution is 6.29. The lowest BCUT2D eigenvalue weighted by atomic mass is 10.0. The van der Waals surface area contributed by atoms with Crippen molar-refractivity contribution in [1.82, 2.24) is 0 Å². The molecule has 0 atom stereocenters. The molecule has 0 fully saturated rings. The van der Waals surface area contributed by atoms with Crippen LogP contribution in [0.15, 0.2) is 121 Å². The Balaban J connectivity index is 0.000000377. The smallest absolute Gasteiger partial charge is 0.358 e. The minimum absolute atomic E-state index is 0.0846. The SMILES string of the molecule is CCCCCCCCCCCCc1ccccc1[I+]c1ccccc1CCCCCCCCCCCC.CCCCCCCCCCCCc1ccccc1[I+]c1ccccc1CCCCCCCCCCCC.[O-]B([O-])Oc1ccc(F)cc1. The maximum absolute atomic E-state index is 12.2. The van der Waals surface area contributed by atoms with E-state index in [-0.39, 0.29) is 48.2 Å². The standard InChI is InChI=1S/2C36H58I.C6H4BFO3/c2*1-3-5-7-9-11-13-15-17-19-21-27-33-29-23-25-31-35(33)37-36-32-26-24-30-34(36)28-22-20-18-16-14-12-10-8-6-4-2;8-5-1-3-6(4-2-5)11-7(9)10/h2*23-26,29-32H,3-22,27-28H2,1-2H3;1-4H/q2*+1;-2. The van der Waals surface area contributed by atoms with Gasteiger partial charge in [0.25, 0.3) is 0 Å². The number of halogens is 3. The van der Waals surface area contributed by atoms with Gasteiger partial charge in [-0.3, -0.25) is 0 Å². The molecule has 5 aromatic rings. The second-order valence-electron chi connectivity index (χ2n) is 24.1. The maximum atomic E-state index is 12.2. The highest BCUT2D eigenvalue weighted by Gasteiger charge is 2.24. The van der Waals surface area contributed by atoms with E-state index in [1.54, 1.807) is 36.5 Å². The van der Waals surface area contributed by atoms with Gasteiger partial charge in [0, 0.05) is 22.3 Å². The van der Waals surface area contributed by atoms with Gasteiger partial charge in [0.05, 0.1) is 5.75 Å². The average molecular weight is 1390 g/mol. The molecular formula is C78H120BFI2O3. The molecule has 0 heterocycles. The average Bonchev–Trinajstić information content (AvgIpc) is 3.67. The first kappa shape index (κ1) is 76.5. The Morgan fingerprint density at radius 3 is 0.694 bits per heavy atom. The monoisotopic (exact) mass is 1390 g/mol. The van der Waals surface area contributed by atoms with Gasteiger partial charge in [0.1, 0.15) is 13.1 Å². The second-order valence-corrected chi connectivity index (χ2v) is 29.9. The molecule has 0 bridgehead atoms. The van der Waals surface area contributed by atoms with Crippen molar-refractivity contribution >= 4 is 7.32 Å². The van der Waals surface area contributed by atoms with Crippen LogP contribution in [-0.4, -0.2) is 7.32 Å². The zero-order valence-corrected chi connectivity index (χ0v) is 58.9. The van der Waals surface area contributed by atoms with Gasteiger partial charge in [-0.05, 0) is 99.9 Å². The van der Waals surface area contributed by atoms with Gasteiger partial charge >= 0.3 is 42.4 Å².